The van der Waals surface area contributed by atoms with E-state index < -0.39 is 29.9 Å². The normalized spacial score (nSPS) is 18.0. The number of carbonyl (C=O) groups excluding carboxylic acids is 2. The number of benzene rings is 2. The number of cyclic esters (lactones) is 1. The minimum absolute atomic E-state index is 0.192. The van der Waals surface area contributed by atoms with E-state index in [1.807, 2.05) is 18.7 Å². The maximum absolute atomic E-state index is 13.9. The number of carbonyl (C=O) groups is 2. The molecule has 2 aromatic rings. The second-order valence-corrected chi connectivity index (χ2v) is 11.8. The molecule has 2 aromatic carbocycles. The van der Waals surface area contributed by atoms with Crippen molar-refractivity contribution < 1.29 is 27.5 Å². The van der Waals surface area contributed by atoms with Crippen LogP contribution in [0.2, 0.25) is 10.0 Å². The Kier molecular flexibility index (Phi) is 9.97. The summed E-state index contributed by atoms with van der Waals surface area (Å²) in [6, 6.07) is 7.33. The van der Waals surface area contributed by atoms with Crippen LogP contribution in [0.15, 0.2) is 36.4 Å². The van der Waals surface area contributed by atoms with Gasteiger partial charge in [0.2, 0.25) is 5.91 Å². The topological polar surface area (TPSA) is 79.1 Å². The summed E-state index contributed by atoms with van der Waals surface area (Å²) in [6.45, 7) is 6.08. The van der Waals surface area contributed by atoms with Gasteiger partial charge >= 0.3 is 12.3 Å². The summed E-state index contributed by atoms with van der Waals surface area (Å²) in [5.74, 6) is -0.0342. The number of hydrogen-bond acceptors (Lipinski definition) is 5. The number of anilines is 1. The highest BCUT2D eigenvalue weighted by Crippen LogP contribution is 2.37. The van der Waals surface area contributed by atoms with Gasteiger partial charge in [0.05, 0.1) is 12.2 Å². The van der Waals surface area contributed by atoms with Gasteiger partial charge in [-0.2, -0.15) is 13.2 Å². The zero-order valence-corrected chi connectivity index (χ0v) is 24.6. The third-order valence-electron chi connectivity index (χ3n) is 7.50. The molecule has 2 aliphatic rings. The first-order valence-electron chi connectivity index (χ1n) is 13.7. The van der Waals surface area contributed by atoms with Gasteiger partial charge in [0, 0.05) is 60.9 Å². The smallest absolute Gasteiger partial charge is 0.416 e. The third-order valence-corrected chi connectivity index (χ3v) is 8.09. The summed E-state index contributed by atoms with van der Waals surface area (Å²) in [6.07, 6.45) is -3.70. The molecule has 2 fully saturated rings. The molecule has 224 valence electrons. The number of halogens is 5. The van der Waals surface area contributed by atoms with E-state index in [1.54, 1.807) is 23.1 Å². The highest BCUT2D eigenvalue weighted by Gasteiger charge is 2.37. The first kappa shape index (κ1) is 31.3. The molecule has 2 unspecified atom stereocenters. The number of nitrogens with zero attached hydrogens (tertiary/aromatic N) is 3. The fourth-order valence-electron chi connectivity index (χ4n) is 5.41. The van der Waals surface area contributed by atoms with Crippen molar-refractivity contribution in [3.8, 4) is 0 Å². The number of nitrogens with two attached hydrogens (primary N) is 1. The van der Waals surface area contributed by atoms with Gasteiger partial charge in [0.25, 0.3) is 0 Å². The van der Waals surface area contributed by atoms with E-state index in [1.165, 1.54) is 11.0 Å². The maximum atomic E-state index is 13.9. The lowest BCUT2D eigenvalue weighted by molar-refractivity contribution is -0.138. The molecule has 2 atom stereocenters. The lowest BCUT2D eigenvalue weighted by Crippen LogP contribution is -2.58. The fraction of sp³-hybridized carbons (Fsp3) is 0.517. The van der Waals surface area contributed by atoms with Crippen LogP contribution in [-0.2, 0) is 22.1 Å². The molecule has 12 heteroatoms. The molecule has 2 N–H and O–H groups in total. The molecule has 0 radical (unpaired) electrons. The summed E-state index contributed by atoms with van der Waals surface area (Å²) >= 11 is 12.5. The van der Waals surface area contributed by atoms with Crippen molar-refractivity contribution in [2.45, 2.75) is 51.4 Å². The van der Waals surface area contributed by atoms with Gasteiger partial charge in [-0.25, -0.2) is 4.79 Å². The maximum Gasteiger partial charge on any atom is 0.416 e. The van der Waals surface area contributed by atoms with Crippen molar-refractivity contribution in [1.29, 1.82) is 0 Å². The Balaban J connectivity index is 1.54. The number of rotatable bonds is 8. The molecule has 0 spiro atoms. The number of piperazine rings is 1. The predicted molar refractivity (Wildman–Crippen MR) is 153 cm³/mol. The SMILES string of the molecule is CC(C)CC(N)c1cc(C(F)(F)F)ccc1N1CCN(C(=O)C(Cc2ccc(Cl)cc2Cl)N2CCCOC2=O)CC1. The van der Waals surface area contributed by atoms with Crippen LogP contribution < -0.4 is 10.6 Å². The van der Waals surface area contributed by atoms with Crippen molar-refractivity contribution in [2.24, 2.45) is 11.7 Å². The van der Waals surface area contributed by atoms with Gasteiger partial charge in [-0.05, 0) is 60.2 Å². The summed E-state index contributed by atoms with van der Waals surface area (Å²) in [4.78, 5) is 31.6. The first-order chi connectivity index (χ1) is 19.3. The molecule has 0 aromatic heterocycles. The molecular formula is C29H35Cl2F3N4O3. The largest absolute Gasteiger partial charge is 0.449 e. The van der Waals surface area contributed by atoms with Gasteiger partial charge in [-0.1, -0.05) is 43.1 Å². The van der Waals surface area contributed by atoms with Gasteiger partial charge in [-0.3, -0.25) is 9.69 Å². The molecule has 2 amide bonds. The molecule has 2 aliphatic heterocycles. The minimum atomic E-state index is -4.48. The van der Waals surface area contributed by atoms with Crippen LogP contribution in [0.25, 0.3) is 0 Å². The monoisotopic (exact) mass is 614 g/mol. The molecular weight excluding hydrogens is 580 g/mol. The van der Waals surface area contributed by atoms with Gasteiger partial charge < -0.3 is 20.3 Å². The van der Waals surface area contributed by atoms with Crippen molar-refractivity contribution in [3.63, 3.8) is 0 Å². The average Bonchev–Trinajstić information content (AvgIpc) is 2.92. The summed E-state index contributed by atoms with van der Waals surface area (Å²) in [7, 11) is 0. The molecule has 7 nitrogen and oxygen atoms in total. The quantitative estimate of drug-likeness (QED) is 0.385. The Hall–Kier alpha value is -2.69. The van der Waals surface area contributed by atoms with E-state index in [4.69, 9.17) is 33.7 Å². The Labute approximate surface area is 248 Å². The number of hydrogen-bond donors (Lipinski definition) is 1. The highest BCUT2D eigenvalue weighted by molar-refractivity contribution is 6.35. The van der Waals surface area contributed by atoms with Crippen molar-refractivity contribution >= 4 is 40.9 Å². The molecule has 4 rings (SSSR count). The second-order valence-electron chi connectivity index (χ2n) is 10.9. The Morgan fingerprint density at radius 3 is 2.37 bits per heavy atom. The van der Waals surface area contributed by atoms with E-state index in [-0.39, 0.29) is 18.2 Å². The lowest BCUT2D eigenvalue weighted by atomic mass is 9.94. The second kappa shape index (κ2) is 13.1. The summed E-state index contributed by atoms with van der Waals surface area (Å²) in [5, 5.41) is 0.865. The van der Waals surface area contributed by atoms with Crippen LogP contribution in [0.4, 0.5) is 23.7 Å². The van der Waals surface area contributed by atoms with Crippen molar-refractivity contribution in [1.82, 2.24) is 9.80 Å². The summed E-state index contributed by atoms with van der Waals surface area (Å²) in [5.41, 5.74) is 7.43. The molecule has 2 saturated heterocycles. The van der Waals surface area contributed by atoms with E-state index in [9.17, 15) is 22.8 Å². The Bertz CT molecular complexity index is 1250. The van der Waals surface area contributed by atoms with Gasteiger partial charge in [0.15, 0.2) is 0 Å². The van der Waals surface area contributed by atoms with Crippen LogP contribution >= 0.6 is 23.2 Å². The van der Waals surface area contributed by atoms with Crippen LogP contribution in [-0.4, -0.2) is 67.2 Å². The minimum Gasteiger partial charge on any atom is -0.449 e. The number of amides is 2. The van der Waals surface area contributed by atoms with Crippen LogP contribution in [0.3, 0.4) is 0 Å². The fourth-order valence-corrected chi connectivity index (χ4v) is 5.89. The Morgan fingerprint density at radius 1 is 1.05 bits per heavy atom. The molecule has 0 bridgehead atoms. The Morgan fingerprint density at radius 2 is 1.76 bits per heavy atom. The van der Waals surface area contributed by atoms with Gasteiger partial charge in [-0.15, -0.1) is 0 Å². The van der Waals surface area contributed by atoms with E-state index >= 15 is 0 Å². The lowest BCUT2D eigenvalue weighted by Gasteiger charge is -2.41. The zero-order valence-electron chi connectivity index (χ0n) is 23.1. The van der Waals surface area contributed by atoms with Gasteiger partial charge in [0.1, 0.15) is 6.04 Å². The van der Waals surface area contributed by atoms with Crippen molar-refractivity contribution in [3.05, 3.63) is 63.1 Å². The van der Waals surface area contributed by atoms with Crippen LogP contribution in [0.5, 0.6) is 0 Å². The molecule has 0 aliphatic carbocycles. The standard InChI is InChI=1S/C29H35Cl2F3N4O3/c1-18(2)14-24(35)22-16-20(29(32,33)34)5-7-25(22)36-9-11-37(12-10-36)27(39)26(38-8-3-13-41-28(38)40)15-19-4-6-21(30)17-23(19)31/h4-7,16-18,24,26H,3,8-15,35H2,1-2H3. The highest BCUT2D eigenvalue weighted by atomic mass is 35.5. The molecule has 0 saturated carbocycles. The summed E-state index contributed by atoms with van der Waals surface area (Å²) < 4.78 is 45.8. The van der Waals surface area contributed by atoms with Crippen LogP contribution in [0.1, 0.15) is 49.4 Å². The van der Waals surface area contributed by atoms with E-state index in [0.717, 1.165) is 12.1 Å². The van der Waals surface area contributed by atoms with E-state index in [2.05, 4.69) is 0 Å². The van der Waals surface area contributed by atoms with Crippen molar-refractivity contribution in [2.75, 3.05) is 44.2 Å². The predicted octanol–water partition coefficient (Wildman–Crippen LogP) is 6.16. The first-order valence-corrected chi connectivity index (χ1v) is 14.5. The number of alkyl halides is 3. The average molecular weight is 616 g/mol. The third kappa shape index (κ3) is 7.59. The molecule has 2 heterocycles. The van der Waals surface area contributed by atoms with E-state index in [0.29, 0.717) is 79.0 Å². The number of ether oxygens (including phenoxy) is 1. The van der Waals surface area contributed by atoms with Crippen LogP contribution in [0, 0.1) is 5.92 Å². The zero-order chi connectivity index (χ0) is 29.9. The molecule has 41 heavy (non-hydrogen) atoms.